The Labute approximate surface area is 335 Å². The maximum absolute atomic E-state index is 5.35. The molecule has 0 fully saturated rings. The molecule has 9 aromatic rings. The van der Waals surface area contributed by atoms with Crippen molar-refractivity contribution in [3.63, 3.8) is 0 Å². The SMILES string of the molecule is c1ccc(CN(Cc2ccccc2)c2ccc(-c3cc(-c4c[nH]c5ccccc45)cc(-c4ccc(N(Cc5ccccc5)Cc5ccccc5)cc4)n3)cc2)cc1. The largest absolute Gasteiger partial charge is 0.363 e. The first-order valence-corrected chi connectivity index (χ1v) is 19.7. The van der Waals surface area contributed by atoms with E-state index in [9.17, 15) is 0 Å². The van der Waals surface area contributed by atoms with Crippen LogP contribution in [0.4, 0.5) is 11.4 Å². The highest BCUT2D eigenvalue weighted by molar-refractivity contribution is 5.96. The van der Waals surface area contributed by atoms with Gasteiger partial charge in [0, 0.05) is 71.3 Å². The van der Waals surface area contributed by atoms with Gasteiger partial charge in [0.15, 0.2) is 0 Å². The van der Waals surface area contributed by atoms with Crippen LogP contribution in [0.1, 0.15) is 22.3 Å². The zero-order valence-corrected chi connectivity index (χ0v) is 31.9. The molecular weight excluding hydrogens is 693 g/mol. The van der Waals surface area contributed by atoms with E-state index in [1.54, 1.807) is 0 Å². The summed E-state index contributed by atoms with van der Waals surface area (Å²) < 4.78 is 0. The zero-order chi connectivity index (χ0) is 38.2. The highest BCUT2D eigenvalue weighted by atomic mass is 15.1. The molecule has 0 unspecified atom stereocenters. The van der Waals surface area contributed by atoms with Crippen molar-refractivity contribution in [1.29, 1.82) is 0 Å². The predicted molar refractivity (Wildman–Crippen MR) is 238 cm³/mol. The number of nitrogens with zero attached hydrogens (tertiary/aromatic N) is 3. The summed E-state index contributed by atoms with van der Waals surface area (Å²) >= 11 is 0. The Balaban J connectivity index is 1.07. The van der Waals surface area contributed by atoms with Gasteiger partial charge in [-0.25, -0.2) is 4.98 Å². The predicted octanol–water partition coefficient (Wildman–Crippen LogP) is 13.0. The minimum atomic E-state index is 0.817. The van der Waals surface area contributed by atoms with Gasteiger partial charge in [0.2, 0.25) is 0 Å². The van der Waals surface area contributed by atoms with E-state index in [1.165, 1.54) is 39.0 Å². The van der Waals surface area contributed by atoms with Crippen LogP contribution < -0.4 is 9.80 Å². The third-order valence-electron chi connectivity index (χ3n) is 10.6. The van der Waals surface area contributed by atoms with E-state index in [1.807, 2.05) is 0 Å². The Morgan fingerprint density at radius 2 is 0.737 bits per heavy atom. The van der Waals surface area contributed by atoms with Crippen LogP contribution in [0.5, 0.6) is 0 Å². The molecule has 2 heterocycles. The van der Waals surface area contributed by atoms with Gasteiger partial charge in [-0.2, -0.15) is 0 Å². The fourth-order valence-electron chi connectivity index (χ4n) is 7.67. The number of rotatable bonds is 13. The molecule has 4 nitrogen and oxygen atoms in total. The molecule has 1 N–H and O–H groups in total. The molecule has 0 amide bonds. The second kappa shape index (κ2) is 16.7. The molecule has 0 radical (unpaired) electrons. The number of anilines is 2. The number of benzene rings is 7. The monoisotopic (exact) mass is 736 g/mol. The lowest BCUT2D eigenvalue weighted by Gasteiger charge is -2.26. The number of nitrogens with one attached hydrogen (secondary N) is 1. The zero-order valence-electron chi connectivity index (χ0n) is 31.9. The van der Waals surface area contributed by atoms with Crippen LogP contribution in [-0.4, -0.2) is 9.97 Å². The van der Waals surface area contributed by atoms with E-state index in [2.05, 4.69) is 227 Å². The average Bonchev–Trinajstić information content (AvgIpc) is 3.72. The fraction of sp³-hybridized carbons (Fsp3) is 0.0755. The highest BCUT2D eigenvalue weighted by Crippen LogP contribution is 2.35. The van der Waals surface area contributed by atoms with Crippen molar-refractivity contribution in [2.24, 2.45) is 0 Å². The molecule has 0 saturated heterocycles. The lowest BCUT2D eigenvalue weighted by Crippen LogP contribution is -2.22. The highest BCUT2D eigenvalue weighted by Gasteiger charge is 2.15. The lowest BCUT2D eigenvalue weighted by molar-refractivity contribution is 0.800. The molecule has 0 spiro atoms. The third-order valence-corrected chi connectivity index (χ3v) is 10.6. The van der Waals surface area contributed by atoms with E-state index in [0.717, 1.165) is 65.3 Å². The van der Waals surface area contributed by atoms with Gasteiger partial charge in [-0.15, -0.1) is 0 Å². The summed E-state index contributed by atoms with van der Waals surface area (Å²) in [7, 11) is 0. The smallest absolute Gasteiger partial charge is 0.0715 e. The average molecular weight is 737 g/mol. The van der Waals surface area contributed by atoms with E-state index in [4.69, 9.17) is 4.98 Å². The van der Waals surface area contributed by atoms with Crippen LogP contribution in [0.3, 0.4) is 0 Å². The molecule has 57 heavy (non-hydrogen) atoms. The molecular formula is C53H44N4. The van der Waals surface area contributed by atoms with Crippen LogP contribution in [0.25, 0.3) is 44.5 Å². The van der Waals surface area contributed by atoms with Crippen molar-refractivity contribution in [3.8, 4) is 33.6 Å². The summed E-state index contributed by atoms with van der Waals surface area (Å²) in [4.78, 5) is 13.7. The van der Waals surface area contributed by atoms with Crippen LogP contribution in [0.15, 0.2) is 212 Å². The van der Waals surface area contributed by atoms with Gasteiger partial charge in [-0.1, -0.05) is 164 Å². The number of para-hydroxylation sites is 1. The Bertz CT molecular complexity index is 2420. The summed E-state index contributed by atoms with van der Waals surface area (Å²) in [6.45, 7) is 3.27. The van der Waals surface area contributed by atoms with Gasteiger partial charge in [0.05, 0.1) is 11.4 Å². The molecule has 0 bridgehead atoms. The van der Waals surface area contributed by atoms with Crippen molar-refractivity contribution < 1.29 is 0 Å². The number of hydrogen-bond donors (Lipinski definition) is 1. The van der Waals surface area contributed by atoms with Crippen molar-refractivity contribution in [3.05, 3.63) is 235 Å². The maximum Gasteiger partial charge on any atom is 0.0715 e. The maximum atomic E-state index is 5.35. The molecule has 2 aromatic heterocycles. The van der Waals surface area contributed by atoms with Gasteiger partial charge in [-0.05, 0) is 70.3 Å². The molecule has 0 aliphatic heterocycles. The van der Waals surface area contributed by atoms with Crippen LogP contribution in [0.2, 0.25) is 0 Å². The third kappa shape index (κ3) is 8.41. The van der Waals surface area contributed by atoms with Crippen molar-refractivity contribution in [2.45, 2.75) is 26.2 Å². The first-order valence-electron chi connectivity index (χ1n) is 19.7. The van der Waals surface area contributed by atoms with Gasteiger partial charge in [-0.3, -0.25) is 0 Å². The quantitative estimate of drug-likeness (QED) is 0.128. The van der Waals surface area contributed by atoms with Crippen molar-refractivity contribution in [2.75, 3.05) is 9.80 Å². The van der Waals surface area contributed by atoms with E-state index < -0.39 is 0 Å². The summed E-state index contributed by atoms with van der Waals surface area (Å²) in [6, 6.07) is 73.6. The van der Waals surface area contributed by atoms with Gasteiger partial charge in [0.25, 0.3) is 0 Å². The molecule has 9 rings (SSSR count). The van der Waals surface area contributed by atoms with E-state index in [-0.39, 0.29) is 0 Å². The van der Waals surface area contributed by atoms with Crippen molar-refractivity contribution >= 4 is 22.3 Å². The standard InChI is InChI=1S/C53H44N4/c1-5-15-40(16-6-1)36-56(37-41-17-7-2-8-18-41)47-29-25-44(26-30-47)52-33-46(50-35-54-51-24-14-13-23-49(50)51)34-53(55-52)45-27-31-48(32-28-45)57(38-42-19-9-3-10-20-42)39-43-21-11-4-12-22-43/h1-35,54H,36-39H2. The first-order chi connectivity index (χ1) is 28.2. The van der Waals surface area contributed by atoms with Gasteiger partial charge in [0.1, 0.15) is 0 Å². The van der Waals surface area contributed by atoms with Crippen molar-refractivity contribution in [1.82, 2.24) is 9.97 Å². The molecule has 7 aromatic carbocycles. The summed E-state index contributed by atoms with van der Waals surface area (Å²) in [5, 5.41) is 1.20. The second-order valence-electron chi connectivity index (χ2n) is 14.6. The van der Waals surface area contributed by atoms with Crippen LogP contribution in [0, 0.1) is 0 Å². The summed E-state index contributed by atoms with van der Waals surface area (Å²) in [6.07, 6.45) is 2.12. The van der Waals surface area contributed by atoms with E-state index in [0.29, 0.717) is 0 Å². The second-order valence-corrected chi connectivity index (χ2v) is 14.6. The number of pyridine rings is 1. The topological polar surface area (TPSA) is 35.2 Å². The Kier molecular flexibility index (Phi) is 10.4. The Morgan fingerprint density at radius 1 is 0.368 bits per heavy atom. The van der Waals surface area contributed by atoms with Gasteiger partial charge < -0.3 is 14.8 Å². The normalized spacial score (nSPS) is 11.1. The number of fused-ring (bicyclic) bond motifs is 1. The minimum Gasteiger partial charge on any atom is -0.363 e. The minimum absolute atomic E-state index is 0.817. The Morgan fingerprint density at radius 3 is 1.14 bits per heavy atom. The number of aromatic nitrogens is 2. The molecule has 0 saturated carbocycles. The molecule has 0 aliphatic carbocycles. The molecule has 4 heteroatoms. The van der Waals surface area contributed by atoms with E-state index >= 15 is 0 Å². The number of hydrogen-bond acceptors (Lipinski definition) is 3. The fourth-order valence-corrected chi connectivity index (χ4v) is 7.67. The Hall–Kier alpha value is -7.17. The van der Waals surface area contributed by atoms with Crippen LogP contribution in [-0.2, 0) is 26.2 Å². The van der Waals surface area contributed by atoms with Crippen LogP contribution >= 0.6 is 0 Å². The first kappa shape index (κ1) is 35.5. The lowest BCUT2D eigenvalue weighted by atomic mass is 9.99. The summed E-state index contributed by atoms with van der Waals surface area (Å²) in [5.41, 5.74) is 14.9. The summed E-state index contributed by atoms with van der Waals surface area (Å²) in [5.74, 6) is 0. The number of aromatic amines is 1. The number of H-pyrrole nitrogens is 1. The molecule has 0 atom stereocenters. The molecule has 0 aliphatic rings. The van der Waals surface area contributed by atoms with Gasteiger partial charge >= 0.3 is 0 Å². The molecule has 276 valence electrons.